The predicted molar refractivity (Wildman–Crippen MR) is 77.0 cm³/mol. The summed E-state index contributed by atoms with van der Waals surface area (Å²) in [5.74, 6) is -1.04. The maximum atomic E-state index is 10.8. The Bertz CT molecular complexity index is 482. The van der Waals surface area contributed by atoms with Crippen LogP contribution < -0.4 is 5.32 Å². The van der Waals surface area contributed by atoms with Gasteiger partial charge in [-0.3, -0.25) is 10.1 Å². The third-order valence-corrected chi connectivity index (χ3v) is 3.57. The maximum absolute atomic E-state index is 10.8. The molecule has 1 aliphatic rings. The number of nitrogens with one attached hydrogen (secondary N) is 1. The highest BCUT2D eigenvalue weighted by Gasteiger charge is 2.40. The number of carboxylic acids is 1. The molecule has 1 fully saturated rings. The Kier molecular flexibility index (Phi) is 5.87. The maximum Gasteiger partial charge on any atom is 0.320 e. The molecule has 0 unspecified atom stereocenters. The fraction of sp³-hybridized carbons (Fsp3) is 0.533. The second-order valence-corrected chi connectivity index (χ2v) is 5.31. The van der Waals surface area contributed by atoms with Crippen LogP contribution in [0.4, 0.5) is 0 Å². The van der Waals surface area contributed by atoms with E-state index in [9.17, 15) is 15.0 Å². The first-order valence-electron chi connectivity index (χ1n) is 7.11. The second-order valence-electron chi connectivity index (χ2n) is 5.31. The van der Waals surface area contributed by atoms with E-state index in [1.54, 1.807) is 0 Å². The normalized spacial score (nSPS) is 30.0. The van der Waals surface area contributed by atoms with Gasteiger partial charge in [-0.1, -0.05) is 30.3 Å². The van der Waals surface area contributed by atoms with Gasteiger partial charge in [-0.05, 0) is 12.5 Å². The molecule has 0 radical (unpaired) electrons. The Morgan fingerprint density at radius 1 is 1.36 bits per heavy atom. The van der Waals surface area contributed by atoms with Crippen LogP contribution in [0, 0.1) is 0 Å². The molecule has 1 aliphatic heterocycles. The zero-order chi connectivity index (χ0) is 16.1. The van der Waals surface area contributed by atoms with Crippen molar-refractivity contribution in [2.24, 2.45) is 0 Å². The Morgan fingerprint density at radius 3 is 2.68 bits per heavy atom. The third kappa shape index (κ3) is 4.25. The fourth-order valence-corrected chi connectivity index (χ4v) is 2.23. The Balaban J connectivity index is 1.86. The van der Waals surface area contributed by atoms with E-state index < -0.39 is 36.6 Å². The minimum absolute atomic E-state index is 0.0509. The molecule has 7 heteroatoms. The molecular formula is C15H21NO6. The first-order valence-corrected chi connectivity index (χ1v) is 7.11. The van der Waals surface area contributed by atoms with Gasteiger partial charge in [0.15, 0.2) is 6.29 Å². The van der Waals surface area contributed by atoms with E-state index in [4.69, 9.17) is 14.6 Å². The molecule has 1 heterocycles. The number of hydrogen-bond acceptors (Lipinski definition) is 6. The summed E-state index contributed by atoms with van der Waals surface area (Å²) in [6, 6.07) is 7.88. The molecule has 0 saturated carbocycles. The van der Waals surface area contributed by atoms with Crippen molar-refractivity contribution < 1.29 is 29.6 Å². The molecule has 0 amide bonds. The largest absolute Gasteiger partial charge is 0.480 e. The van der Waals surface area contributed by atoms with Crippen LogP contribution >= 0.6 is 0 Å². The second kappa shape index (κ2) is 7.66. The highest BCUT2D eigenvalue weighted by Crippen LogP contribution is 2.18. The first kappa shape index (κ1) is 16.9. The Labute approximate surface area is 128 Å². The SMILES string of the molecule is C[C@H](N[C@H]1CO[C@H](OCc2ccccc2)[C@@H](O)[C@@H]1O)C(=O)O. The van der Waals surface area contributed by atoms with E-state index in [0.717, 1.165) is 5.56 Å². The lowest BCUT2D eigenvalue weighted by Gasteiger charge is -2.38. The molecule has 1 aromatic rings. The monoisotopic (exact) mass is 311 g/mol. The molecule has 122 valence electrons. The van der Waals surface area contributed by atoms with Gasteiger partial charge in [0.2, 0.25) is 0 Å². The molecule has 5 atom stereocenters. The summed E-state index contributed by atoms with van der Waals surface area (Å²) in [5, 5.41) is 31.7. The molecule has 7 nitrogen and oxygen atoms in total. The van der Waals surface area contributed by atoms with Crippen LogP contribution in [0.1, 0.15) is 12.5 Å². The zero-order valence-electron chi connectivity index (χ0n) is 12.3. The molecule has 0 bridgehead atoms. The fourth-order valence-electron chi connectivity index (χ4n) is 2.23. The van der Waals surface area contributed by atoms with E-state index in [2.05, 4.69) is 5.32 Å². The number of aliphatic hydroxyl groups excluding tert-OH is 2. The van der Waals surface area contributed by atoms with Gasteiger partial charge in [-0.25, -0.2) is 0 Å². The highest BCUT2D eigenvalue weighted by molar-refractivity contribution is 5.72. The lowest BCUT2D eigenvalue weighted by atomic mass is 10.0. The molecule has 1 saturated heterocycles. The van der Waals surface area contributed by atoms with Crippen LogP contribution in [-0.4, -0.2) is 58.5 Å². The van der Waals surface area contributed by atoms with E-state index in [1.165, 1.54) is 6.92 Å². The summed E-state index contributed by atoms with van der Waals surface area (Å²) in [7, 11) is 0. The predicted octanol–water partition coefficient (Wildman–Crippen LogP) is -0.287. The number of rotatable bonds is 6. The van der Waals surface area contributed by atoms with Crippen molar-refractivity contribution in [3.63, 3.8) is 0 Å². The number of carboxylic acid groups (broad SMARTS) is 1. The minimum Gasteiger partial charge on any atom is -0.480 e. The van der Waals surface area contributed by atoms with Gasteiger partial charge in [0.1, 0.15) is 18.2 Å². The van der Waals surface area contributed by atoms with Crippen molar-refractivity contribution in [3.05, 3.63) is 35.9 Å². The summed E-state index contributed by atoms with van der Waals surface area (Å²) in [6.07, 6.45) is -3.37. The van der Waals surface area contributed by atoms with E-state index in [-0.39, 0.29) is 13.2 Å². The van der Waals surface area contributed by atoms with Gasteiger partial charge < -0.3 is 24.8 Å². The standard InChI is InChI=1S/C15H21NO6/c1-9(14(19)20)16-11-8-22-15(13(18)12(11)17)21-7-10-5-3-2-4-6-10/h2-6,9,11-13,15-18H,7-8H2,1H3,(H,19,20)/t9-,11-,12+,13-,15-/m0/s1. The minimum atomic E-state index is -1.25. The lowest BCUT2D eigenvalue weighted by Crippen LogP contribution is -2.60. The molecular weight excluding hydrogens is 290 g/mol. The van der Waals surface area contributed by atoms with Gasteiger partial charge in [0, 0.05) is 0 Å². The molecule has 1 aromatic carbocycles. The number of carbonyl (C=O) groups is 1. The molecule has 0 spiro atoms. The first-order chi connectivity index (χ1) is 10.5. The van der Waals surface area contributed by atoms with Gasteiger partial charge >= 0.3 is 5.97 Å². The summed E-state index contributed by atoms with van der Waals surface area (Å²) >= 11 is 0. The smallest absolute Gasteiger partial charge is 0.320 e. The van der Waals surface area contributed by atoms with Crippen molar-refractivity contribution in [1.82, 2.24) is 5.32 Å². The van der Waals surface area contributed by atoms with Crippen LogP contribution in [0.3, 0.4) is 0 Å². The van der Waals surface area contributed by atoms with Crippen molar-refractivity contribution in [1.29, 1.82) is 0 Å². The Morgan fingerprint density at radius 2 is 2.05 bits per heavy atom. The Hall–Kier alpha value is -1.51. The van der Waals surface area contributed by atoms with E-state index in [1.807, 2.05) is 30.3 Å². The van der Waals surface area contributed by atoms with E-state index >= 15 is 0 Å². The topological polar surface area (TPSA) is 108 Å². The number of aliphatic hydroxyl groups is 2. The zero-order valence-corrected chi connectivity index (χ0v) is 12.3. The van der Waals surface area contributed by atoms with Gasteiger partial charge in [-0.2, -0.15) is 0 Å². The average Bonchev–Trinajstić information content (AvgIpc) is 2.52. The molecule has 4 N–H and O–H groups in total. The number of aliphatic carboxylic acids is 1. The van der Waals surface area contributed by atoms with Crippen molar-refractivity contribution in [2.45, 2.75) is 44.1 Å². The van der Waals surface area contributed by atoms with Crippen LogP contribution in [0.5, 0.6) is 0 Å². The van der Waals surface area contributed by atoms with Crippen LogP contribution in [0.15, 0.2) is 30.3 Å². The summed E-state index contributed by atoms with van der Waals surface area (Å²) < 4.78 is 10.9. The number of benzene rings is 1. The summed E-state index contributed by atoms with van der Waals surface area (Å²) in [5.41, 5.74) is 0.924. The molecule has 2 rings (SSSR count). The number of hydrogen-bond donors (Lipinski definition) is 4. The highest BCUT2D eigenvalue weighted by atomic mass is 16.7. The van der Waals surface area contributed by atoms with E-state index in [0.29, 0.717) is 0 Å². The van der Waals surface area contributed by atoms with Crippen molar-refractivity contribution >= 4 is 5.97 Å². The van der Waals surface area contributed by atoms with Crippen molar-refractivity contribution in [3.8, 4) is 0 Å². The quantitative estimate of drug-likeness (QED) is 0.572. The molecule has 22 heavy (non-hydrogen) atoms. The van der Waals surface area contributed by atoms with Gasteiger partial charge in [0.25, 0.3) is 0 Å². The summed E-state index contributed by atoms with van der Waals surface area (Å²) in [4.78, 5) is 10.8. The lowest BCUT2D eigenvalue weighted by molar-refractivity contribution is -0.255. The molecule has 0 aromatic heterocycles. The van der Waals surface area contributed by atoms with Gasteiger partial charge in [0.05, 0.1) is 19.3 Å². The molecule has 0 aliphatic carbocycles. The van der Waals surface area contributed by atoms with Gasteiger partial charge in [-0.15, -0.1) is 0 Å². The summed E-state index contributed by atoms with van der Waals surface area (Å²) in [6.45, 7) is 1.76. The van der Waals surface area contributed by atoms with Crippen molar-refractivity contribution in [2.75, 3.05) is 6.61 Å². The van der Waals surface area contributed by atoms with Crippen LogP contribution in [0.2, 0.25) is 0 Å². The average molecular weight is 311 g/mol. The number of ether oxygens (including phenoxy) is 2. The third-order valence-electron chi connectivity index (χ3n) is 3.57. The van der Waals surface area contributed by atoms with Crippen LogP contribution in [0.25, 0.3) is 0 Å². The van der Waals surface area contributed by atoms with Crippen LogP contribution in [-0.2, 0) is 20.9 Å².